The minimum absolute atomic E-state index is 0.0508. The summed E-state index contributed by atoms with van der Waals surface area (Å²) in [5.41, 5.74) is 5.86. The molecular weight excluding hydrogens is 293 g/mol. The van der Waals surface area contributed by atoms with Gasteiger partial charge in [0.15, 0.2) is 11.2 Å². The van der Waals surface area contributed by atoms with Crippen molar-refractivity contribution in [2.45, 2.75) is 31.0 Å². The Balaban J connectivity index is 1.87. The Morgan fingerprint density at radius 1 is 1.62 bits per heavy atom. The maximum absolute atomic E-state index is 11.7. The number of imidazole rings is 1. The molecular formula is C12H16N5O3P. The van der Waals surface area contributed by atoms with E-state index in [-0.39, 0.29) is 29.4 Å². The van der Waals surface area contributed by atoms with Gasteiger partial charge in [-0.25, -0.2) is 4.98 Å². The quantitative estimate of drug-likeness (QED) is 0.547. The predicted octanol–water partition coefficient (Wildman–Crippen LogP) is 0.129. The fourth-order valence-corrected chi connectivity index (χ4v) is 2.51. The zero-order valence-corrected chi connectivity index (χ0v) is 12.3. The molecule has 0 saturated carbocycles. The third-order valence-electron chi connectivity index (χ3n) is 3.31. The van der Waals surface area contributed by atoms with Gasteiger partial charge in [-0.15, -0.1) is 9.24 Å². The van der Waals surface area contributed by atoms with E-state index in [1.54, 1.807) is 10.6 Å². The SMILES string of the molecule is Nc1nc2c(ncn2C2CCC(/C=C\C(O)P)O2)c(=O)[nH]1. The van der Waals surface area contributed by atoms with E-state index in [0.717, 1.165) is 12.8 Å². The summed E-state index contributed by atoms with van der Waals surface area (Å²) in [6.45, 7) is 0. The first-order valence-corrected chi connectivity index (χ1v) is 7.21. The molecule has 0 amide bonds. The highest BCUT2D eigenvalue weighted by Gasteiger charge is 2.27. The highest BCUT2D eigenvalue weighted by Crippen LogP contribution is 2.30. The second kappa shape index (κ2) is 5.55. The van der Waals surface area contributed by atoms with Gasteiger partial charge in [-0.3, -0.25) is 14.3 Å². The number of aliphatic hydroxyl groups is 1. The molecule has 0 bridgehead atoms. The van der Waals surface area contributed by atoms with Gasteiger partial charge in [-0.2, -0.15) is 4.98 Å². The van der Waals surface area contributed by atoms with Crippen molar-refractivity contribution in [2.24, 2.45) is 0 Å². The first-order chi connectivity index (χ1) is 10.0. The molecule has 4 atom stereocenters. The van der Waals surface area contributed by atoms with Crippen molar-refractivity contribution in [3.05, 3.63) is 28.8 Å². The number of rotatable bonds is 3. The maximum atomic E-state index is 11.7. The van der Waals surface area contributed by atoms with Gasteiger partial charge in [-0.1, -0.05) is 12.2 Å². The average Bonchev–Trinajstić information content (AvgIpc) is 3.02. The number of hydrogen-bond donors (Lipinski definition) is 3. The van der Waals surface area contributed by atoms with Crippen LogP contribution in [0.5, 0.6) is 0 Å². The smallest absolute Gasteiger partial charge is 0.280 e. The number of nitrogens with one attached hydrogen (secondary N) is 1. The number of hydrogen-bond acceptors (Lipinski definition) is 6. The predicted molar refractivity (Wildman–Crippen MR) is 80.6 cm³/mol. The van der Waals surface area contributed by atoms with Crippen molar-refractivity contribution >= 4 is 26.4 Å². The highest BCUT2D eigenvalue weighted by atomic mass is 31.0. The van der Waals surface area contributed by atoms with Crippen molar-refractivity contribution in [3.63, 3.8) is 0 Å². The van der Waals surface area contributed by atoms with E-state index in [2.05, 4.69) is 24.2 Å². The van der Waals surface area contributed by atoms with Crippen LogP contribution in [0.25, 0.3) is 11.2 Å². The molecule has 8 nitrogen and oxygen atoms in total. The van der Waals surface area contributed by atoms with Crippen LogP contribution >= 0.6 is 9.24 Å². The number of aromatic nitrogens is 4. The Morgan fingerprint density at radius 2 is 2.43 bits per heavy atom. The van der Waals surface area contributed by atoms with Gasteiger partial charge >= 0.3 is 0 Å². The zero-order chi connectivity index (χ0) is 15.0. The Morgan fingerprint density at radius 3 is 3.19 bits per heavy atom. The van der Waals surface area contributed by atoms with Crippen LogP contribution < -0.4 is 11.3 Å². The Hall–Kier alpha value is -1.76. The van der Waals surface area contributed by atoms with Gasteiger partial charge in [0.1, 0.15) is 6.23 Å². The largest absolute Gasteiger partial charge is 0.385 e. The molecule has 112 valence electrons. The van der Waals surface area contributed by atoms with Gasteiger partial charge in [0.05, 0.1) is 18.3 Å². The summed E-state index contributed by atoms with van der Waals surface area (Å²) in [5, 5.41) is 9.21. The number of ether oxygens (including phenoxy) is 1. The number of anilines is 1. The summed E-state index contributed by atoms with van der Waals surface area (Å²) < 4.78 is 7.58. The molecule has 4 N–H and O–H groups in total. The fraction of sp³-hybridized carbons (Fsp3) is 0.417. The van der Waals surface area contributed by atoms with Crippen LogP contribution in [0.3, 0.4) is 0 Å². The molecule has 9 heteroatoms. The van der Waals surface area contributed by atoms with Crippen molar-refractivity contribution in [1.29, 1.82) is 0 Å². The number of nitrogen functional groups attached to an aromatic ring is 1. The lowest BCUT2D eigenvalue weighted by Crippen LogP contribution is -2.14. The van der Waals surface area contributed by atoms with Gasteiger partial charge in [0.2, 0.25) is 5.95 Å². The molecule has 1 saturated heterocycles. The monoisotopic (exact) mass is 309 g/mol. The second-order valence-electron chi connectivity index (χ2n) is 4.86. The van der Waals surface area contributed by atoms with Crippen LogP contribution in [0, 0.1) is 0 Å². The molecule has 21 heavy (non-hydrogen) atoms. The molecule has 3 heterocycles. The van der Waals surface area contributed by atoms with Crippen LogP contribution in [0.4, 0.5) is 5.95 Å². The van der Waals surface area contributed by atoms with E-state index >= 15 is 0 Å². The normalized spacial score (nSPS) is 24.1. The Labute approximate surface area is 122 Å². The number of aliphatic hydroxyl groups excluding tert-OH is 1. The lowest BCUT2D eigenvalue weighted by atomic mass is 10.2. The first-order valence-electron chi connectivity index (χ1n) is 6.54. The fourth-order valence-electron chi connectivity index (χ4n) is 2.38. The van der Waals surface area contributed by atoms with E-state index < -0.39 is 5.85 Å². The van der Waals surface area contributed by atoms with Crippen LogP contribution in [-0.4, -0.2) is 36.6 Å². The molecule has 0 radical (unpaired) electrons. The van der Waals surface area contributed by atoms with Gasteiger partial charge in [0, 0.05) is 0 Å². The summed E-state index contributed by atoms with van der Waals surface area (Å²) in [6.07, 6.45) is 6.27. The molecule has 0 spiro atoms. The van der Waals surface area contributed by atoms with Crippen LogP contribution in [0.1, 0.15) is 19.1 Å². The molecule has 2 aromatic heterocycles. The number of nitrogens with two attached hydrogens (primary N) is 1. The first kappa shape index (κ1) is 14.2. The molecule has 0 aliphatic carbocycles. The number of fused-ring (bicyclic) bond motifs is 1. The zero-order valence-electron chi connectivity index (χ0n) is 11.1. The minimum atomic E-state index is -0.582. The van der Waals surface area contributed by atoms with Crippen molar-refractivity contribution in [1.82, 2.24) is 19.5 Å². The third-order valence-corrected chi connectivity index (χ3v) is 3.54. The van der Waals surface area contributed by atoms with Gasteiger partial charge in [-0.05, 0) is 12.8 Å². The van der Waals surface area contributed by atoms with E-state index in [0.29, 0.717) is 5.65 Å². The van der Waals surface area contributed by atoms with Crippen LogP contribution in [-0.2, 0) is 4.74 Å². The van der Waals surface area contributed by atoms with E-state index in [1.807, 2.05) is 6.08 Å². The standard InChI is InChI=1S/C12H16N5O3P/c13-12-15-10-9(11(19)16-12)14-5-17(10)7-3-1-6(20-7)2-4-8(18)21/h2,4-8,18H,1,3,21H2,(H3,13,15,16,19)/b4-2-. The van der Waals surface area contributed by atoms with Crippen molar-refractivity contribution < 1.29 is 9.84 Å². The molecule has 1 aliphatic rings. The van der Waals surface area contributed by atoms with Crippen LogP contribution in [0.15, 0.2) is 23.3 Å². The lowest BCUT2D eigenvalue weighted by molar-refractivity contribution is 0.0256. The third kappa shape index (κ3) is 2.83. The lowest BCUT2D eigenvalue weighted by Gasteiger charge is -2.13. The van der Waals surface area contributed by atoms with E-state index in [4.69, 9.17) is 10.5 Å². The summed E-state index contributed by atoms with van der Waals surface area (Å²) in [6, 6.07) is 0. The van der Waals surface area contributed by atoms with E-state index in [1.165, 1.54) is 6.33 Å². The highest BCUT2D eigenvalue weighted by molar-refractivity contribution is 7.17. The molecule has 0 aromatic carbocycles. The molecule has 2 aromatic rings. The molecule has 1 fully saturated rings. The topological polar surface area (TPSA) is 119 Å². The summed E-state index contributed by atoms with van der Waals surface area (Å²) >= 11 is 0. The Bertz CT molecular complexity index is 738. The average molecular weight is 309 g/mol. The number of aromatic amines is 1. The molecule has 3 rings (SSSR count). The summed E-state index contributed by atoms with van der Waals surface area (Å²) in [7, 11) is 2.28. The maximum Gasteiger partial charge on any atom is 0.280 e. The number of H-pyrrole nitrogens is 1. The van der Waals surface area contributed by atoms with Gasteiger partial charge in [0.25, 0.3) is 5.56 Å². The van der Waals surface area contributed by atoms with Crippen molar-refractivity contribution in [3.8, 4) is 0 Å². The molecule has 4 unspecified atom stereocenters. The summed E-state index contributed by atoms with van der Waals surface area (Å²) in [4.78, 5) is 22.3. The summed E-state index contributed by atoms with van der Waals surface area (Å²) in [5.74, 6) is -0.531. The van der Waals surface area contributed by atoms with Crippen molar-refractivity contribution in [2.75, 3.05) is 5.73 Å². The Kier molecular flexibility index (Phi) is 3.75. The number of nitrogens with zero attached hydrogens (tertiary/aromatic N) is 3. The van der Waals surface area contributed by atoms with E-state index in [9.17, 15) is 9.90 Å². The minimum Gasteiger partial charge on any atom is -0.385 e. The second-order valence-corrected chi connectivity index (χ2v) is 5.54. The van der Waals surface area contributed by atoms with Gasteiger partial charge < -0.3 is 15.6 Å². The van der Waals surface area contributed by atoms with Crippen LogP contribution in [0.2, 0.25) is 0 Å². The molecule has 1 aliphatic heterocycles.